The van der Waals surface area contributed by atoms with E-state index in [1.165, 1.54) is 0 Å². The molecular weight excluding hydrogens is 264 g/mol. The number of para-hydroxylation sites is 1. The molecule has 2 rings (SSSR count). The summed E-state index contributed by atoms with van der Waals surface area (Å²) in [7, 11) is 0. The van der Waals surface area contributed by atoms with Gasteiger partial charge in [-0.15, -0.1) is 0 Å². The highest BCUT2D eigenvalue weighted by molar-refractivity contribution is 6.08. The molecule has 0 heterocycles. The molecule has 0 aliphatic rings. The van der Waals surface area contributed by atoms with E-state index >= 15 is 0 Å². The van der Waals surface area contributed by atoms with Gasteiger partial charge in [-0.25, -0.2) is 0 Å². The number of nitrogen functional groups attached to an aromatic ring is 1. The van der Waals surface area contributed by atoms with Crippen LogP contribution >= 0.6 is 0 Å². The summed E-state index contributed by atoms with van der Waals surface area (Å²) >= 11 is 0. The average Bonchev–Trinajstić information content (AvgIpc) is 2.49. The predicted octanol–water partition coefficient (Wildman–Crippen LogP) is 3.33. The van der Waals surface area contributed by atoms with Crippen LogP contribution in [0.5, 0.6) is 5.75 Å². The van der Waals surface area contributed by atoms with Gasteiger partial charge in [0.25, 0.3) is 5.91 Å². The minimum absolute atomic E-state index is 0.0906. The zero-order chi connectivity index (χ0) is 15.2. The van der Waals surface area contributed by atoms with Gasteiger partial charge in [0, 0.05) is 17.9 Å². The van der Waals surface area contributed by atoms with E-state index in [-0.39, 0.29) is 5.91 Å². The number of nitrogens with zero attached hydrogens (tertiary/aromatic N) is 1. The maximum absolute atomic E-state index is 12.8. The van der Waals surface area contributed by atoms with Crippen LogP contribution in [-0.4, -0.2) is 19.1 Å². The summed E-state index contributed by atoms with van der Waals surface area (Å²) in [6.45, 7) is 4.92. The van der Waals surface area contributed by atoms with E-state index in [0.29, 0.717) is 30.2 Å². The number of ether oxygens (including phenoxy) is 1. The maximum atomic E-state index is 12.8. The smallest absolute Gasteiger partial charge is 0.262 e. The SMILES string of the molecule is CCOc1ccccc1C(=O)N(CC)c1cccc(N)c1. The number of carbonyl (C=O) groups is 1. The summed E-state index contributed by atoms with van der Waals surface area (Å²) in [5, 5.41) is 0. The number of benzene rings is 2. The number of hydrogen-bond donors (Lipinski definition) is 1. The number of rotatable bonds is 5. The molecule has 0 aliphatic heterocycles. The van der Waals surface area contributed by atoms with Crippen LogP contribution in [0.4, 0.5) is 11.4 Å². The average molecular weight is 284 g/mol. The summed E-state index contributed by atoms with van der Waals surface area (Å²) in [6, 6.07) is 14.6. The maximum Gasteiger partial charge on any atom is 0.262 e. The third-order valence-corrected chi connectivity index (χ3v) is 3.16. The van der Waals surface area contributed by atoms with E-state index < -0.39 is 0 Å². The van der Waals surface area contributed by atoms with Crippen LogP contribution in [0.3, 0.4) is 0 Å². The van der Waals surface area contributed by atoms with Gasteiger partial charge in [-0.1, -0.05) is 18.2 Å². The minimum atomic E-state index is -0.0906. The molecule has 2 aromatic rings. The van der Waals surface area contributed by atoms with Crippen molar-refractivity contribution in [3.63, 3.8) is 0 Å². The van der Waals surface area contributed by atoms with E-state index in [4.69, 9.17) is 10.5 Å². The van der Waals surface area contributed by atoms with Crippen LogP contribution in [0.1, 0.15) is 24.2 Å². The monoisotopic (exact) mass is 284 g/mol. The molecule has 0 saturated carbocycles. The van der Waals surface area contributed by atoms with Gasteiger partial charge in [-0.3, -0.25) is 4.79 Å². The third-order valence-electron chi connectivity index (χ3n) is 3.16. The summed E-state index contributed by atoms with van der Waals surface area (Å²) in [5.41, 5.74) is 7.79. The number of hydrogen-bond acceptors (Lipinski definition) is 3. The molecule has 0 fully saturated rings. The van der Waals surface area contributed by atoms with E-state index in [1.54, 1.807) is 23.1 Å². The van der Waals surface area contributed by atoms with Crippen molar-refractivity contribution < 1.29 is 9.53 Å². The van der Waals surface area contributed by atoms with Gasteiger partial charge in [0.15, 0.2) is 0 Å². The Morgan fingerprint density at radius 3 is 2.57 bits per heavy atom. The van der Waals surface area contributed by atoms with Crippen molar-refractivity contribution in [3.8, 4) is 5.75 Å². The Bertz CT molecular complexity index is 626. The van der Waals surface area contributed by atoms with Gasteiger partial charge in [0.05, 0.1) is 12.2 Å². The highest BCUT2D eigenvalue weighted by atomic mass is 16.5. The third kappa shape index (κ3) is 3.34. The number of anilines is 2. The molecule has 4 nitrogen and oxygen atoms in total. The van der Waals surface area contributed by atoms with Crippen molar-refractivity contribution in [1.29, 1.82) is 0 Å². The lowest BCUT2D eigenvalue weighted by molar-refractivity contribution is 0.0984. The quantitative estimate of drug-likeness (QED) is 0.857. The molecule has 1 amide bonds. The Morgan fingerprint density at radius 1 is 1.14 bits per heavy atom. The first kappa shape index (κ1) is 14.9. The van der Waals surface area contributed by atoms with E-state index in [9.17, 15) is 4.79 Å². The molecule has 0 unspecified atom stereocenters. The molecule has 0 aromatic heterocycles. The lowest BCUT2D eigenvalue weighted by atomic mass is 10.1. The van der Waals surface area contributed by atoms with Gasteiger partial charge < -0.3 is 15.4 Å². The normalized spacial score (nSPS) is 10.2. The van der Waals surface area contributed by atoms with Crippen LogP contribution in [0.15, 0.2) is 48.5 Å². The first-order chi connectivity index (χ1) is 10.2. The van der Waals surface area contributed by atoms with Gasteiger partial charge in [-0.2, -0.15) is 0 Å². The second-order valence-electron chi connectivity index (χ2n) is 4.57. The Hall–Kier alpha value is -2.49. The van der Waals surface area contributed by atoms with Crippen LogP contribution in [0.2, 0.25) is 0 Å². The van der Waals surface area contributed by atoms with Gasteiger partial charge in [0.1, 0.15) is 5.75 Å². The van der Waals surface area contributed by atoms with Crippen molar-refractivity contribution >= 4 is 17.3 Å². The van der Waals surface area contributed by atoms with Crippen molar-refractivity contribution in [1.82, 2.24) is 0 Å². The molecule has 0 atom stereocenters. The minimum Gasteiger partial charge on any atom is -0.493 e. The highest BCUT2D eigenvalue weighted by Crippen LogP contribution is 2.24. The predicted molar refractivity (Wildman–Crippen MR) is 85.8 cm³/mol. The van der Waals surface area contributed by atoms with Crippen molar-refractivity contribution in [2.24, 2.45) is 0 Å². The Kier molecular flexibility index (Phi) is 4.82. The zero-order valence-corrected chi connectivity index (χ0v) is 12.4. The molecule has 21 heavy (non-hydrogen) atoms. The molecule has 110 valence electrons. The van der Waals surface area contributed by atoms with Crippen molar-refractivity contribution in [2.75, 3.05) is 23.8 Å². The van der Waals surface area contributed by atoms with Crippen LogP contribution in [-0.2, 0) is 0 Å². The topological polar surface area (TPSA) is 55.6 Å². The zero-order valence-electron chi connectivity index (χ0n) is 12.4. The largest absolute Gasteiger partial charge is 0.493 e. The van der Waals surface area contributed by atoms with E-state index in [2.05, 4.69) is 0 Å². The number of nitrogens with two attached hydrogens (primary N) is 1. The second-order valence-corrected chi connectivity index (χ2v) is 4.57. The molecule has 2 N–H and O–H groups in total. The molecule has 2 aromatic carbocycles. The lowest BCUT2D eigenvalue weighted by Crippen LogP contribution is -2.31. The van der Waals surface area contributed by atoms with Gasteiger partial charge in [0.2, 0.25) is 0 Å². The highest BCUT2D eigenvalue weighted by Gasteiger charge is 2.19. The van der Waals surface area contributed by atoms with Gasteiger partial charge in [-0.05, 0) is 44.2 Å². The summed E-state index contributed by atoms with van der Waals surface area (Å²) in [6.07, 6.45) is 0. The Balaban J connectivity index is 2.37. The molecular formula is C17H20N2O2. The Labute approximate surface area is 125 Å². The number of carbonyl (C=O) groups excluding carboxylic acids is 1. The fourth-order valence-corrected chi connectivity index (χ4v) is 2.21. The molecule has 4 heteroatoms. The fourth-order valence-electron chi connectivity index (χ4n) is 2.21. The molecule has 0 spiro atoms. The summed E-state index contributed by atoms with van der Waals surface area (Å²) < 4.78 is 5.54. The summed E-state index contributed by atoms with van der Waals surface area (Å²) in [4.78, 5) is 14.5. The lowest BCUT2D eigenvalue weighted by Gasteiger charge is -2.22. The summed E-state index contributed by atoms with van der Waals surface area (Å²) in [5.74, 6) is 0.513. The Morgan fingerprint density at radius 2 is 1.90 bits per heavy atom. The first-order valence-electron chi connectivity index (χ1n) is 7.06. The standard InChI is InChI=1S/C17H20N2O2/c1-3-19(14-9-7-8-13(18)12-14)17(20)15-10-5-6-11-16(15)21-4-2/h5-12H,3-4,18H2,1-2H3. The van der Waals surface area contributed by atoms with Gasteiger partial charge >= 0.3 is 0 Å². The second kappa shape index (κ2) is 6.79. The van der Waals surface area contributed by atoms with E-state index in [1.807, 2.05) is 44.2 Å². The molecule has 0 bridgehead atoms. The fraction of sp³-hybridized carbons (Fsp3) is 0.235. The van der Waals surface area contributed by atoms with Crippen LogP contribution in [0.25, 0.3) is 0 Å². The molecule has 0 saturated heterocycles. The van der Waals surface area contributed by atoms with Crippen LogP contribution < -0.4 is 15.4 Å². The molecule has 0 aliphatic carbocycles. The van der Waals surface area contributed by atoms with Crippen molar-refractivity contribution in [2.45, 2.75) is 13.8 Å². The first-order valence-corrected chi connectivity index (χ1v) is 7.06. The number of amides is 1. The van der Waals surface area contributed by atoms with Crippen molar-refractivity contribution in [3.05, 3.63) is 54.1 Å². The van der Waals surface area contributed by atoms with Crippen LogP contribution in [0, 0.1) is 0 Å². The molecule has 0 radical (unpaired) electrons. The van der Waals surface area contributed by atoms with E-state index in [0.717, 1.165) is 5.69 Å².